The zero-order valence-corrected chi connectivity index (χ0v) is 8.44. The Kier molecular flexibility index (Phi) is 3.11. The van der Waals surface area contributed by atoms with Crippen LogP contribution in [-0.4, -0.2) is 24.2 Å². The molecule has 2 rings (SSSR count). The molecule has 14 heavy (non-hydrogen) atoms. The van der Waals surface area contributed by atoms with E-state index in [0.717, 1.165) is 19.6 Å². The van der Waals surface area contributed by atoms with Crippen molar-refractivity contribution in [3.63, 3.8) is 0 Å². The lowest BCUT2D eigenvalue weighted by Gasteiger charge is -2.17. The molecule has 1 unspecified atom stereocenters. The zero-order chi connectivity index (χ0) is 9.80. The molecule has 0 spiro atoms. The normalized spacial score (nSPS) is 23.6. The molecule has 2 atom stereocenters. The molecule has 1 aliphatic heterocycles. The van der Waals surface area contributed by atoms with Crippen molar-refractivity contribution in [3.8, 4) is 0 Å². The number of hydrogen-bond donors (Lipinski definition) is 1. The van der Waals surface area contributed by atoms with Gasteiger partial charge in [0.25, 0.3) is 0 Å². The molecule has 0 radical (unpaired) electrons. The van der Waals surface area contributed by atoms with Gasteiger partial charge in [0.15, 0.2) is 0 Å². The van der Waals surface area contributed by atoms with Gasteiger partial charge in [0.05, 0.1) is 6.61 Å². The highest BCUT2D eigenvalue weighted by Crippen LogP contribution is 2.13. The van der Waals surface area contributed by atoms with Crippen LogP contribution in [0.25, 0.3) is 0 Å². The van der Waals surface area contributed by atoms with E-state index in [2.05, 4.69) is 23.3 Å². The molecule has 1 saturated heterocycles. The maximum absolute atomic E-state index is 5.32. The first-order chi connectivity index (χ1) is 6.86. The molecule has 1 fully saturated rings. The van der Waals surface area contributed by atoms with Crippen LogP contribution in [0.3, 0.4) is 0 Å². The lowest BCUT2D eigenvalue weighted by atomic mass is 10.1. The summed E-state index contributed by atoms with van der Waals surface area (Å²) in [5, 5.41) is 3.53. The van der Waals surface area contributed by atoms with Gasteiger partial charge in [-0.2, -0.15) is 0 Å². The van der Waals surface area contributed by atoms with E-state index in [0.29, 0.717) is 12.1 Å². The lowest BCUT2D eigenvalue weighted by molar-refractivity contribution is 0.188. The van der Waals surface area contributed by atoms with Crippen molar-refractivity contribution in [2.45, 2.75) is 25.4 Å². The predicted molar refractivity (Wildman–Crippen MR) is 55.0 cm³/mol. The van der Waals surface area contributed by atoms with Crippen molar-refractivity contribution >= 4 is 0 Å². The molecule has 2 heterocycles. The van der Waals surface area contributed by atoms with Gasteiger partial charge in [-0.05, 0) is 25.0 Å². The largest absolute Gasteiger partial charge is 0.380 e. The van der Waals surface area contributed by atoms with Crippen LogP contribution in [0.2, 0.25) is 0 Å². The van der Waals surface area contributed by atoms with Crippen molar-refractivity contribution < 1.29 is 4.74 Å². The van der Waals surface area contributed by atoms with E-state index in [1.54, 1.807) is 6.20 Å². The third kappa shape index (κ3) is 2.30. The number of nitrogens with zero attached hydrogens (tertiary/aromatic N) is 1. The lowest BCUT2D eigenvalue weighted by Crippen LogP contribution is -2.31. The van der Waals surface area contributed by atoms with Gasteiger partial charge in [-0.15, -0.1) is 0 Å². The Morgan fingerprint density at radius 2 is 2.57 bits per heavy atom. The second-order valence-corrected chi connectivity index (χ2v) is 3.74. The highest BCUT2D eigenvalue weighted by molar-refractivity contribution is 5.13. The first-order valence-electron chi connectivity index (χ1n) is 5.10. The summed E-state index contributed by atoms with van der Waals surface area (Å²) in [4.78, 5) is 4.11. The van der Waals surface area contributed by atoms with Gasteiger partial charge in [-0.25, -0.2) is 0 Å². The molecule has 0 saturated carbocycles. The van der Waals surface area contributed by atoms with Crippen LogP contribution in [0.15, 0.2) is 24.5 Å². The van der Waals surface area contributed by atoms with E-state index in [9.17, 15) is 0 Å². The number of aromatic nitrogens is 1. The quantitative estimate of drug-likeness (QED) is 0.788. The van der Waals surface area contributed by atoms with E-state index in [-0.39, 0.29) is 0 Å². The van der Waals surface area contributed by atoms with Crippen LogP contribution < -0.4 is 5.32 Å². The molecule has 3 nitrogen and oxygen atoms in total. The molecule has 0 bridgehead atoms. The summed E-state index contributed by atoms with van der Waals surface area (Å²) < 4.78 is 5.32. The Labute approximate surface area is 84.5 Å². The van der Waals surface area contributed by atoms with Gasteiger partial charge in [0, 0.05) is 31.1 Å². The van der Waals surface area contributed by atoms with Crippen molar-refractivity contribution in [2.75, 3.05) is 13.2 Å². The van der Waals surface area contributed by atoms with Crippen molar-refractivity contribution in [3.05, 3.63) is 30.1 Å². The Morgan fingerprint density at radius 1 is 1.64 bits per heavy atom. The molecule has 0 amide bonds. The summed E-state index contributed by atoms with van der Waals surface area (Å²) in [7, 11) is 0. The molecule has 1 aromatic rings. The van der Waals surface area contributed by atoms with Gasteiger partial charge < -0.3 is 10.1 Å². The Hall–Kier alpha value is -0.930. The van der Waals surface area contributed by atoms with Crippen molar-refractivity contribution in [1.29, 1.82) is 0 Å². The van der Waals surface area contributed by atoms with Crippen LogP contribution in [-0.2, 0) is 4.74 Å². The van der Waals surface area contributed by atoms with Crippen LogP contribution in [0.4, 0.5) is 0 Å². The zero-order valence-electron chi connectivity index (χ0n) is 8.44. The molecular weight excluding hydrogens is 176 g/mol. The van der Waals surface area contributed by atoms with Crippen molar-refractivity contribution in [2.24, 2.45) is 0 Å². The molecule has 0 aromatic carbocycles. The minimum absolute atomic E-state index is 0.357. The molecule has 0 aliphatic carbocycles. The summed E-state index contributed by atoms with van der Waals surface area (Å²) in [5.74, 6) is 0. The monoisotopic (exact) mass is 192 g/mol. The first kappa shape index (κ1) is 9.62. The number of pyridine rings is 1. The number of nitrogens with one attached hydrogen (secondary N) is 1. The molecule has 1 N–H and O–H groups in total. The van der Waals surface area contributed by atoms with Gasteiger partial charge in [0.2, 0.25) is 0 Å². The molecule has 1 aliphatic rings. The smallest absolute Gasteiger partial charge is 0.0620 e. The minimum Gasteiger partial charge on any atom is -0.380 e. The summed E-state index contributed by atoms with van der Waals surface area (Å²) in [5.41, 5.74) is 1.24. The predicted octanol–water partition coefficient (Wildman–Crippen LogP) is 1.52. The van der Waals surface area contributed by atoms with E-state index in [1.165, 1.54) is 5.56 Å². The average molecular weight is 192 g/mol. The number of rotatable bonds is 3. The number of ether oxygens (including phenoxy) is 1. The maximum atomic E-state index is 5.32. The fraction of sp³-hybridized carbons (Fsp3) is 0.545. The van der Waals surface area contributed by atoms with Gasteiger partial charge >= 0.3 is 0 Å². The van der Waals surface area contributed by atoms with Crippen molar-refractivity contribution in [1.82, 2.24) is 10.3 Å². The van der Waals surface area contributed by atoms with E-state index in [4.69, 9.17) is 4.74 Å². The van der Waals surface area contributed by atoms with Gasteiger partial charge in [-0.3, -0.25) is 4.98 Å². The standard InChI is InChI=1S/C11H16N2O/c1-9(10-3-2-5-12-7-10)13-11-4-6-14-8-11/h2-3,5,7,9,11,13H,4,6,8H2,1H3/t9-,11?/m0/s1. The maximum Gasteiger partial charge on any atom is 0.0620 e. The summed E-state index contributed by atoms with van der Waals surface area (Å²) in [6.45, 7) is 3.89. The molecule has 3 heteroatoms. The SMILES string of the molecule is C[C@H](NC1CCOC1)c1cccnc1. The third-order valence-electron chi connectivity index (χ3n) is 2.60. The topological polar surface area (TPSA) is 34.1 Å². The summed E-state index contributed by atoms with van der Waals surface area (Å²) in [6, 6.07) is 4.93. The minimum atomic E-state index is 0.357. The van der Waals surface area contributed by atoms with E-state index < -0.39 is 0 Å². The summed E-state index contributed by atoms with van der Waals surface area (Å²) >= 11 is 0. The fourth-order valence-corrected chi connectivity index (χ4v) is 1.75. The van der Waals surface area contributed by atoms with Crippen LogP contribution in [0, 0.1) is 0 Å². The highest BCUT2D eigenvalue weighted by atomic mass is 16.5. The van der Waals surface area contributed by atoms with E-state index in [1.807, 2.05) is 12.3 Å². The third-order valence-corrected chi connectivity index (χ3v) is 2.60. The van der Waals surface area contributed by atoms with Crippen LogP contribution in [0.5, 0.6) is 0 Å². The van der Waals surface area contributed by atoms with Crippen LogP contribution in [0.1, 0.15) is 24.9 Å². The van der Waals surface area contributed by atoms with Gasteiger partial charge in [0.1, 0.15) is 0 Å². The van der Waals surface area contributed by atoms with Crippen LogP contribution >= 0.6 is 0 Å². The highest BCUT2D eigenvalue weighted by Gasteiger charge is 2.17. The number of hydrogen-bond acceptors (Lipinski definition) is 3. The fourth-order valence-electron chi connectivity index (χ4n) is 1.75. The summed E-state index contributed by atoms with van der Waals surface area (Å²) in [6.07, 6.45) is 4.83. The molecular formula is C11H16N2O. The Morgan fingerprint density at radius 3 is 3.21 bits per heavy atom. The average Bonchev–Trinajstić information content (AvgIpc) is 2.72. The Bertz CT molecular complexity index is 270. The second kappa shape index (κ2) is 4.53. The molecule has 76 valence electrons. The second-order valence-electron chi connectivity index (χ2n) is 3.74. The first-order valence-corrected chi connectivity index (χ1v) is 5.10. The van der Waals surface area contributed by atoms with E-state index >= 15 is 0 Å². The Balaban J connectivity index is 1.92. The molecule has 1 aromatic heterocycles. The van der Waals surface area contributed by atoms with Gasteiger partial charge in [-0.1, -0.05) is 6.07 Å².